The van der Waals surface area contributed by atoms with Crippen LogP contribution < -0.4 is 0 Å². The lowest BCUT2D eigenvalue weighted by atomic mass is 9.93. The highest BCUT2D eigenvalue weighted by Gasteiger charge is 2.16. The molecular weight excluding hydrogens is 290 g/mol. The zero-order valence-corrected chi connectivity index (χ0v) is 14.6. The third-order valence-electron chi connectivity index (χ3n) is 4.88. The second-order valence-electron chi connectivity index (χ2n) is 6.10. The molecule has 4 heteroatoms. The molecule has 1 aliphatic heterocycles. The Morgan fingerprint density at radius 3 is 2.73 bits per heavy atom. The molecule has 0 spiro atoms. The number of rotatable bonds is 6. The molecule has 1 fully saturated rings. The van der Waals surface area contributed by atoms with Crippen molar-refractivity contribution in [3.05, 3.63) is 30.0 Å². The number of thioether (sulfide) groups is 1. The van der Waals surface area contributed by atoms with Crippen LogP contribution in [0.4, 0.5) is 0 Å². The number of fused-ring (bicyclic) bond motifs is 1. The molecule has 0 radical (unpaired) electrons. The molecule has 1 saturated heterocycles. The Labute approximate surface area is 138 Å². The molecule has 0 amide bonds. The van der Waals surface area contributed by atoms with Crippen molar-refractivity contribution in [2.75, 3.05) is 31.1 Å². The lowest BCUT2D eigenvalue weighted by Gasteiger charge is -2.22. The summed E-state index contributed by atoms with van der Waals surface area (Å²) in [6.45, 7) is 8.73. The lowest BCUT2D eigenvalue weighted by molar-refractivity contribution is 0.287. The Kier molecular flexibility index (Phi) is 5.42. The average Bonchev–Trinajstić information content (AvgIpc) is 2.99. The second kappa shape index (κ2) is 7.51. The molecular formula is C18H27N3S. The van der Waals surface area contributed by atoms with Gasteiger partial charge in [0.2, 0.25) is 0 Å². The standard InChI is InChI=1S/C18H27N3S/c1-3-20(4-2)9-10-21-18-13-16(5-6-17(18)14-19-21)15-7-11-22-12-8-15/h5-6,13-15H,3-4,7-12H2,1-2H3. The van der Waals surface area contributed by atoms with E-state index in [-0.39, 0.29) is 0 Å². The van der Waals surface area contributed by atoms with Crippen LogP contribution in [0.25, 0.3) is 10.9 Å². The van der Waals surface area contributed by atoms with Crippen LogP contribution in [0, 0.1) is 0 Å². The van der Waals surface area contributed by atoms with E-state index in [2.05, 4.69) is 58.5 Å². The van der Waals surface area contributed by atoms with Gasteiger partial charge in [-0.1, -0.05) is 26.0 Å². The fourth-order valence-corrected chi connectivity index (χ4v) is 4.43. The topological polar surface area (TPSA) is 21.1 Å². The van der Waals surface area contributed by atoms with Gasteiger partial charge in [0.15, 0.2) is 0 Å². The van der Waals surface area contributed by atoms with Crippen LogP contribution in [0.15, 0.2) is 24.4 Å². The van der Waals surface area contributed by atoms with Gasteiger partial charge in [0.1, 0.15) is 0 Å². The molecule has 0 unspecified atom stereocenters. The number of aromatic nitrogens is 2. The molecule has 1 aromatic heterocycles. The summed E-state index contributed by atoms with van der Waals surface area (Å²) in [5.41, 5.74) is 2.82. The minimum Gasteiger partial charge on any atom is -0.302 e. The quantitative estimate of drug-likeness (QED) is 0.804. The van der Waals surface area contributed by atoms with Gasteiger partial charge in [0.05, 0.1) is 18.3 Å². The summed E-state index contributed by atoms with van der Waals surface area (Å²) >= 11 is 2.09. The molecule has 0 atom stereocenters. The van der Waals surface area contributed by atoms with Crippen molar-refractivity contribution in [1.29, 1.82) is 0 Å². The van der Waals surface area contributed by atoms with E-state index in [4.69, 9.17) is 0 Å². The van der Waals surface area contributed by atoms with Crippen LogP contribution in [0.5, 0.6) is 0 Å². The first kappa shape index (κ1) is 15.9. The van der Waals surface area contributed by atoms with Crippen molar-refractivity contribution in [3.63, 3.8) is 0 Å². The van der Waals surface area contributed by atoms with Gasteiger partial charge in [-0.05, 0) is 55.0 Å². The van der Waals surface area contributed by atoms with Gasteiger partial charge in [-0.25, -0.2) is 0 Å². The van der Waals surface area contributed by atoms with Crippen LogP contribution in [0.2, 0.25) is 0 Å². The van der Waals surface area contributed by atoms with Crippen molar-refractivity contribution < 1.29 is 0 Å². The summed E-state index contributed by atoms with van der Waals surface area (Å²) in [6.07, 6.45) is 4.66. The normalized spacial score (nSPS) is 16.7. The van der Waals surface area contributed by atoms with Crippen molar-refractivity contribution in [3.8, 4) is 0 Å². The van der Waals surface area contributed by atoms with E-state index in [1.807, 2.05) is 6.20 Å². The van der Waals surface area contributed by atoms with E-state index in [1.165, 1.54) is 40.8 Å². The molecule has 0 saturated carbocycles. The molecule has 0 aliphatic carbocycles. The van der Waals surface area contributed by atoms with E-state index in [9.17, 15) is 0 Å². The van der Waals surface area contributed by atoms with E-state index >= 15 is 0 Å². The number of hydrogen-bond acceptors (Lipinski definition) is 3. The van der Waals surface area contributed by atoms with E-state index < -0.39 is 0 Å². The zero-order chi connectivity index (χ0) is 15.4. The summed E-state index contributed by atoms with van der Waals surface area (Å²) in [7, 11) is 0. The Morgan fingerprint density at radius 2 is 2.00 bits per heavy atom. The van der Waals surface area contributed by atoms with Gasteiger partial charge < -0.3 is 4.90 Å². The molecule has 0 bridgehead atoms. The number of hydrogen-bond donors (Lipinski definition) is 0. The number of nitrogens with zero attached hydrogens (tertiary/aromatic N) is 3. The average molecular weight is 318 g/mol. The van der Waals surface area contributed by atoms with Crippen molar-refractivity contribution >= 4 is 22.7 Å². The number of benzene rings is 1. The van der Waals surface area contributed by atoms with Crippen LogP contribution in [-0.4, -0.2) is 45.8 Å². The summed E-state index contributed by atoms with van der Waals surface area (Å²) < 4.78 is 2.19. The predicted octanol–water partition coefficient (Wildman–Crippen LogP) is 3.99. The summed E-state index contributed by atoms with van der Waals surface area (Å²) in [5.74, 6) is 3.37. The van der Waals surface area contributed by atoms with Crippen LogP contribution in [-0.2, 0) is 6.54 Å². The van der Waals surface area contributed by atoms with Crippen molar-refractivity contribution in [2.45, 2.75) is 39.2 Å². The zero-order valence-electron chi connectivity index (χ0n) is 13.8. The van der Waals surface area contributed by atoms with Crippen molar-refractivity contribution in [1.82, 2.24) is 14.7 Å². The largest absolute Gasteiger partial charge is 0.302 e. The number of likely N-dealkylation sites (N-methyl/N-ethyl adjacent to an activating group) is 1. The second-order valence-corrected chi connectivity index (χ2v) is 7.32. The molecule has 1 aliphatic rings. The smallest absolute Gasteiger partial charge is 0.0685 e. The van der Waals surface area contributed by atoms with Crippen LogP contribution in [0.1, 0.15) is 38.2 Å². The summed E-state index contributed by atoms with van der Waals surface area (Å²) in [5, 5.41) is 5.88. The lowest BCUT2D eigenvalue weighted by Crippen LogP contribution is -2.27. The first-order chi connectivity index (χ1) is 10.8. The molecule has 22 heavy (non-hydrogen) atoms. The minimum absolute atomic E-state index is 0.747. The molecule has 3 rings (SSSR count). The monoisotopic (exact) mass is 317 g/mol. The van der Waals surface area contributed by atoms with Crippen LogP contribution in [0.3, 0.4) is 0 Å². The molecule has 2 aromatic rings. The third kappa shape index (κ3) is 3.49. The Morgan fingerprint density at radius 1 is 1.23 bits per heavy atom. The maximum Gasteiger partial charge on any atom is 0.0685 e. The highest BCUT2D eigenvalue weighted by atomic mass is 32.2. The van der Waals surface area contributed by atoms with Crippen molar-refractivity contribution in [2.24, 2.45) is 0 Å². The van der Waals surface area contributed by atoms with E-state index in [1.54, 1.807) is 0 Å². The van der Waals surface area contributed by atoms with Gasteiger partial charge in [-0.2, -0.15) is 16.9 Å². The first-order valence-electron chi connectivity index (χ1n) is 8.57. The fourth-order valence-electron chi connectivity index (χ4n) is 3.33. The van der Waals surface area contributed by atoms with E-state index in [0.717, 1.165) is 32.1 Å². The third-order valence-corrected chi connectivity index (χ3v) is 5.93. The maximum atomic E-state index is 4.61. The van der Waals surface area contributed by atoms with E-state index in [0.29, 0.717) is 0 Å². The maximum absolute atomic E-state index is 4.61. The highest BCUT2D eigenvalue weighted by molar-refractivity contribution is 7.99. The fraction of sp³-hybridized carbons (Fsp3) is 0.611. The van der Waals surface area contributed by atoms with Gasteiger partial charge >= 0.3 is 0 Å². The molecule has 3 nitrogen and oxygen atoms in total. The Balaban J connectivity index is 1.79. The molecule has 120 valence electrons. The molecule has 2 heterocycles. The van der Waals surface area contributed by atoms with Crippen LogP contribution >= 0.6 is 11.8 Å². The summed E-state index contributed by atoms with van der Waals surface area (Å²) in [4.78, 5) is 2.45. The first-order valence-corrected chi connectivity index (χ1v) is 9.72. The minimum atomic E-state index is 0.747. The summed E-state index contributed by atoms with van der Waals surface area (Å²) in [6, 6.07) is 6.97. The molecule has 0 N–H and O–H groups in total. The van der Waals surface area contributed by atoms with Gasteiger partial charge in [-0.3, -0.25) is 4.68 Å². The van der Waals surface area contributed by atoms with Gasteiger partial charge in [0.25, 0.3) is 0 Å². The SMILES string of the molecule is CCN(CC)CCn1ncc2ccc(C3CCSCC3)cc21. The Bertz CT molecular complexity index is 597. The predicted molar refractivity (Wildman–Crippen MR) is 96.8 cm³/mol. The molecule has 1 aromatic carbocycles. The van der Waals surface area contributed by atoms with Gasteiger partial charge in [0, 0.05) is 11.9 Å². The highest BCUT2D eigenvalue weighted by Crippen LogP contribution is 2.32. The Hall–Kier alpha value is -1.00. The van der Waals surface area contributed by atoms with Gasteiger partial charge in [-0.15, -0.1) is 0 Å².